The van der Waals surface area contributed by atoms with Crippen LogP contribution in [0.3, 0.4) is 0 Å². The van der Waals surface area contributed by atoms with E-state index >= 15 is 0 Å². The van der Waals surface area contributed by atoms with Crippen molar-refractivity contribution >= 4 is 11.6 Å². The summed E-state index contributed by atoms with van der Waals surface area (Å²) in [5.41, 5.74) is 9.45. The van der Waals surface area contributed by atoms with Gasteiger partial charge in [-0.1, -0.05) is 19.3 Å². The van der Waals surface area contributed by atoms with Gasteiger partial charge in [-0.3, -0.25) is 9.59 Å². The molecule has 3 rings (SSSR count). The van der Waals surface area contributed by atoms with Gasteiger partial charge in [-0.15, -0.1) is 0 Å². The van der Waals surface area contributed by atoms with Crippen LogP contribution in [0, 0.1) is 0 Å². The second-order valence-electron chi connectivity index (χ2n) is 6.86. The summed E-state index contributed by atoms with van der Waals surface area (Å²) >= 11 is 0. The van der Waals surface area contributed by atoms with E-state index in [1.807, 2.05) is 5.01 Å². The molecule has 3 saturated heterocycles. The predicted molar refractivity (Wildman–Crippen MR) is 86.6 cm³/mol. The highest BCUT2D eigenvalue weighted by Crippen LogP contribution is 2.19. The molecule has 0 aliphatic carbocycles. The van der Waals surface area contributed by atoms with E-state index in [1.54, 1.807) is 5.12 Å². The molecule has 7 heteroatoms. The maximum atomic E-state index is 12.4. The minimum Gasteiger partial charge on any atom is -0.298 e. The number of ketones is 2. The highest BCUT2D eigenvalue weighted by Gasteiger charge is 2.33. The van der Waals surface area contributed by atoms with Crippen molar-refractivity contribution in [3.8, 4) is 0 Å². The number of hydrogen-bond acceptors (Lipinski definition) is 7. The van der Waals surface area contributed by atoms with Crippen LogP contribution in [-0.2, 0) is 9.59 Å². The Labute approximate surface area is 138 Å². The molecular weight excluding hydrogens is 294 g/mol. The van der Waals surface area contributed by atoms with E-state index in [0.717, 1.165) is 64.5 Å². The Hall–Kier alpha value is -0.860. The topological polar surface area (TPSA) is 76.7 Å². The van der Waals surface area contributed by atoms with Gasteiger partial charge in [-0.25, -0.2) is 10.4 Å². The summed E-state index contributed by atoms with van der Waals surface area (Å²) in [5.74, 6) is 0.641. The largest absolute Gasteiger partial charge is 0.298 e. The van der Waals surface area contributed by atoms with Gasteiger partial charge < -0.3 is 0 Å². The van der Waals surface area contributed by atoms with E-state index in [1.165, 1.54) is 0 Å². The van der Waals surface area contributed by atoms with Crippen LogP contribution in [0.1, 0.15) is 64.2 Å². The highest BCUT2D eigenvalue weighted by atomic mass is 16.1. The number of Topliss-reactive ketones (excluding diaryl/α,β-unsaturated/α-hetero) is 2. The molecule has 0 aromatic heterocycles. The lowest BCUT2D eigenvalue weighted by Gasteiger charge is -2.30. The lowest BCUT2D eigenvalue weighted by atomic mass is 10.0. The number of hydrazine groups is 4. The van der Waals surface area contributed by atoms with Crippen LogP contribution in [0.5, 0.6) is 0 Å². The fraction of sp³-hybridized carbons (Fsp3) is 0.875. The molecule has 23 heavy (non-hydrogen) atoms. The van der Waals surface area contributed by atoms with Gasteiger partial charge in [0.1, 0.15) is 6.04 Å². The van der Waals surface area contributed by atoms with Gasteiger partial charge >= 0.3 is 0 Å². The Morgan fingerprint density at radius 3 is 2.26 bits per heavy atom. The molecule has 7 nitrogen and oxygen atoms in total. The zero-order valence-electron chi connectivity index (χ0n) is 13.9. The first-order valence-corrected chi connectivity index (χ1v) is 9.12. The molecule has 0 spiro atoms. The van der Waals surface area contributed by atoms with Crippen molar-refractivity contribution in [3.05, 3.63) is 0 Å². The fourth-order valence-electron chi connectivity index (χ4n) is 3.80. The number of hydrogen-bond donors (Lipinski definition) is 3. The number of nitrogens with zero attached hydrogens (tertiary/aromatic N) is 2. The second-order valence-corrected chi connectivity index (χ2v) is 6.86. The van der Waals surface area contributed by atoms with Crippen LogP contribution < -0.4 is 16.5 Å². The molecule has 3 aliphatic rings. The van der Waals surface area contributed by atoms with Gasteiger partial charge in [0.2, 0.25) is 0 Å². The van der Waals surface area contributed by atoms with Gasteiger partial charge in [-0.05, 0) is 32.1 Å². The van der Waals surface area contributed by atoms with Crippen LogP contribution in [0.2, 0.25) is 0 Å². The standard InChI is InChI=1S/C16H29N5O2/c22-15-8-4-2-1-3-5-9-16(23)14-10-11-17-21(14)19-18-20-12-6-7-13(15)20/h13-14,17-19H,1-12H2. The molecular formula is C16H29N5O2. The highest BCUT2D eigenvalue weighted by molar-refractivity contribution is 5.84. The Kier molecular flexibility index (Phi) is 6.13. The van der Waals surface area contributed by atoms with Crippen LogP contribution in [0.25, 0.3) is 0 Å². The summed E-state index contributed by atoms with van der Waals surface area (Å²) in [5, 5.41) is 3.77. The Morgan fingerprint density at radius 1 is 0.783 bits per heavy atom. The van der Waals surface area contributed by atoms with Crippen LogP contribution >= 0.6 is 0 Å². The first-order chi connectivity index (χ1) is 11.3. The molecule has 0 radical (unpaired) electrons. The van der Waals surface area contributed by atoms with Gasteiger partial charge in [0.05, 0.1) is 6.04 Å². The van der Waals surface area contributed by atoms with E-state index < -0.39 is 0 Å². The van der Waals surface area contributed by atoms with Crippen molar-refractivity contribution in [1.29, 1.82) is 0 Å². The lowest BCUT2D eigenvalue weighted by Crippen LogP contribution is -2.61. The molecule has 3 N–H and O–H groups in total. The van der Waals surface area contributed by atoms with Gasteiger partial charge in [0.25, 0.3) is 0 Å². The van der Waals surface area contributed by atoms with Crippen molar-refractivity contribution in [2.75, 3.05) is 13.1 Å². The first-order valence-electron chi connectivity index (χ1n) is 9.12. The minimum absolute atomic E-state index is 0.0376. The van der Waals surface area contributed by atoms with Crippen LogP contribution in [-0.4, -0.2) is 46.9 Å². The third-order valence-corrected chi connectivity index (χ3v) is 5.17. The van der Waals surface area contributed by atoms with Gasteiger partial charge in [0.15, 0.2) is 11.6 Å². The molecule has 3 aliphatic heterocycles. The Bertz CT molecular complexity index is 393. The number of carbonyl (C=O) groups excluding carboxylic acids is 2. The molecule has 0 bridgehead atoms. The summed E-state index contributed by atoms with van der Waals surface area (Å²) in [4.78, 5) is 24.8. The van der Waals surface area contributed by atoms with Crippen molar-refractivity contribution in [2.24, 2.45) is 0 Å². The minimum atomic E-state index is -0.121. The van der Waals surface area contributed by atoms with E-state index in [9.17, 15) is 9.59 Å². The lowest BCUT2D eigenvalue weighted by molar-refractivity contribution is -0.130. The third kappa shape index (κ3) is 4.36. The average Bonchev–Trinajstić information content (AvgIpc) is 3.19. The Morgan fingerprint density at radius 2 is 1.48 bits per heavy atom. The average molecular weight is 323 g/mol. The quantitative estimate of drug-likeness (QED) is 0.610. The molecule has 3 fully saturated rings. The molecule has 3 heterocycles. The summed E-state index contributed by atoms with van der Waals surface area (Å²) in [6.45, 7) is 1.66. The fourth-order valence-corrected chi connectivity index (χ4v) is 3.80. The molecule has 2 unspecified atom stereocenters. The summed E-state index contributed by atoms with van der Waals surface area (Å²) in [7, 11) is 0. The first kappa shape index (κ1) is 17.0. The maximum Gasteiger partial charge on any atom is 0.153 e. The zero-order chi connectivity index (χ0) is 16.1. The molecule has 2 atom stereocenters. The van der Waals surface area contributed by atoms with Crippen molar-refractivity contribution in [2.45, 2.75) is 76.3 Å². The summed E-state index contributed by atoms with van der Waals surface area (Å²) < 4.78 is 0. The Balaban J connectivity index is 1.64. The number of fused-ring (bicyclic) bond motifs is 2. The molecule has 130 valence electrons. The van der Waals surface area contributed by atoms with Crippen molar-refractivity contribution in [1.82, 2.24) is 26.6 Å². The van der Waals surface area contributed by atoms with Crippen molar-refractivity contribution < 1.29 is 9.59 Å². The van der Waals surface area contributed by atoms with E-state index in [-0.39, 0.29) is 12.1 Å². The normalized spacial score (nSPS) is 33.0. The van der Waals surface area contributed by atoms with Gasteiger partial charge in [-0.2, -0.15) is 16.2 Å². The monoisotopic (exact) mass is 323 g/mol. The summed E-state index contributed by atoms with van der Waals surface area (Å²) in [6, 6.07) is -0.159. The SMILES string of the molecule is O=C1CCCCCCCC(=O)C2CCNN2NNN2CCCC12. The van der Waals surface area contributed by atoms with Crippen LogP contribution in [0.4, 0.5) is 0 Å². The molecule has 0 saturated carbocycles. The van der Waals surface area contributed by atoms with Gasteiger partial charge in [0, 0.05) is 25.9 Å². The second kappa shape index (κ2) is 8.30. The van der Waals surface area contributed by atoms with E-state index in [4.69, 9.17) is 0 Å². The van der Waals surface area contributed by atoms with Crippen molar-refractivity contribution in [3.63, 3.8) is 0 Å². The molecule has 0 aromatic carbocycles. The third-order valence-electron chi connectivity index (χ3n) is 5.17. The molecule has 0 aromatic rings. The number of nitrogens with one attached hydrogen (secondary N) is 3. The van der Waals surface area contributed by atoms with E-state index in [0.29, 0.717) is 24.4 Å². The van der Waals surface area contributed by atoms with E-state index in [2.05, 4.69) is 16.5 Å². The maximum absolute atomic E-state index is 12.4. The number of carbonyl (C=O) groups is 2. The predicted octanol–water partition coefficient (Wildman–Crippen LogP) is 0.836. The van der Waals surface area contributed by atoms with Crippen LogP contribution in [0.15, 0.2) is 0 Å². The summed E-state index contributed by atoms with van der Waals surface area (Å²) in [6.07, 6.45) is 9.33. The smallest absolute Gasteiger partial charge is 0.153 e. The number of rotatable bonds is 0. The molecule has 0 amide bonds. The zero-order valence-corrected chi connectivity index (χ0v) is 13.9.